The lowest BCUT2D eigenvalue weighted by Gasteiger charge is -2.16. The lowest BCUT2D eigenvalue weighted by Crippen LogP contribution is -2.13. The highest BCUT2D eigenvalue weighted by Crippen LogP contribution is 2.17. The first-order valence-electron chi connectivity index (χ1n) is 5.83. The van der Waals surface area contributed by atoms with E-state index in [2.05, 4.69) is 20.8 Å². The van der Waals surface area contributed by atoms with Gasteiger partial charge in [-0.3, -0.25) is 0 Å². The van der Waals surface area contributed by atoms with E-state index >= 15 is 0 Å². The number of unbranched alkanes of at least 4 members (excludes halogenated alkanes) is 1. The normalized spacial score (nSPS) is 10.8. The SMILES string of the molecule is CCCCC(=N)C(CCC)CCC. The Morgan fingerprint density at radius 1 is 1.00 bits per heavy atom. The van der Waals surface area contributed by atoms with Gasteiger partial charge < -0.3 is 5.41 Å². The lowest BCUT2D eigenvalue weighted by molar-refractivity contribution is 0.545. The van der Waals surface area contributed by atoms with Gasteiger partial charge in [0.2, 0.25) is 0 Å². The molecule has 0 unspecified atom stereocenters. The average molecular weight is 183 g/mol. The second kappa shape index (κ2) is 8.28. The molecule has 0 aliphatic carbocycles. The van der Waals surface area contributed by atoms with Gasteiger partial charge in [0.1, 0.15) is 0 Å². The largest absolute Gasteiger partial charge is 0.309 e. The highest BCUT2D eigenvalue weighted by molar-refractivity contribution is 5.83. The zero-order valence-corrected chi connectivity index (χ0v) is 9.53. The van der Waals surface area contributed by atoms with Gasteiger partial charge in [-0.1, -0.05) is 40.0 Å². The molecule has 1 heteroatoms. The van der Waals surface area contributed by atoms with E-state index in [4.69, 9.17) is 5.41 Å². The Morgan fingerprint density at radius 3 is 1.92 bits per heavy atom. The van der Waals surface area contributed by atoms with Crippen molar-refractivity contribution in [2.24, 2.45) is 5.92 Å². The fourth-order valence-electron chi connectivity index (χ4n) is 1.76. The summed E-state index contributed by atoms with van der Waals surface area (Å²) in [6, 6.07) is 0. The number of nitrogens with one attached hydrogen (secondary N) is 1. The van der Waals surface area contributed by atoms with E-state index < -0.39 is 0 Å². The highest BCUT2D eigenvalue weighted by atomic mass is 14.4. The third kappa shape index (κ3) is 5.84. The second-order valence-corrected chi connectivity index (χ2v) is 3.90. The molecule has 0 saturated heterocycles. The van der Waals surface area contributed by atoms with Gasteiger partial charge in [0.25, 0.3) is 0 Å². The number of rotatable bonds is 8. The standard InChI is InChI=1S/C12H25N/c1-4-7-10-12(13)11(8-5-2)9-6-3/h11,13H,4-10H2,1-3H3. The fourth-order valence-corrected chi connectivity index (χ4v) is 1.76. The van der Waals surface area contributed by atoms with Crippen LogP contribution in [0.1, 0.15) is 65.7 Å². The van der Waals surface area contributed by atoms with E-state index in [1.165, 1.54) is 38.5 Å². The molecule has 0 aromatic rings. The van der Waals surface area contributed by atoms with Crippen molar-refractivity contribution in [1.82, 2.24) is 0 Å². The van der Waals surface area contributed by atoms with Crippen molar-refractivity contribution in [1.29, 1.82) is 5.41 Å². The van der Waals surface area contributed by atoms with Gasteiger partial charge in [-0.15, -0.1) is 0 Å². The maximum atomic E-state index is 7.96. The second-order valence-electron chi connectivity index (χ2n) is 3.90. The smallest absolute Gasteiger partial charge is 0.0120 e. The maximum absolute atomic E-state index is 7.96. The molecule has 1 nitrogen and oxygen atoms in total. The van der Waals surface area contributed by atoms with Gasteiger partial charge in [-0.25, -0.2) is 0 Å². The summed E-state index contributed by atoms with van der Waals surface area (Å²) in [6.07, 6.45) is 8.32. The Labute approximate surface area is 83.4 Å². The van der Waals surface area contributed by atoms with Crippen LogP contribution >= 0.6 is 0 Å². The van der Waals surface area contributed by atoms with Crippen LogP contribution in [0.4, 0.5) is 0 Å². The molecule has 0 spiro atoms. The van der Waals surface area contributed by atoms with Gasteiger partial charge in [-0.2, -0.15) is 0 Å². The predicted molar refractivity (Wildman–Crippen MR) is 60.6 cm³/mol. The van der Waals surface area contributed by atoms with Crippen LogP contribution in [0.5, 0.6) is 0 Å². The van der Waals surface area contributed by atoms with Crippen LogP contribution in [0.15, 0.2) is 0 Å². The summed E-state index contributed by atoms with van der Waals surface area (Å²) in [5.74, 6) is 0.585. The minimum absolute atomic E-state index is 0.585. The summed E-state index contributed by atoms with van der Waals surface area (Å²) in [5.41, 5.74) is 1.01. The summed E-state index contributed by atoms with van der Waals surface area (Å²) in [4.78, 5) is 0. The van der Waals surface area contributed by atoms with E-state index in [1.54, 1.807) is 0 Å². The molecule has 0 fully saturated rings. The number of hydrogen-bond acceptors (Lipinski definition) is 1. The summed E-state index contributed by atoms with van der Waals surface area (Å²) in [5, 5.41) is 7.96. The molecule has 0 rings (SSSR count). The van der Waals surface area contributed by atoms with Crippen LogP contribution in [0.3, 0.4) is 0 Å². The molecular formula is C12H25N. The van der Waals surface area contributed by atoms with Gasteiger partial charge in [0, 0.05) is 5.71 Å². The topological polar surface area (TPSA) is 23.9 Å². The van der Waals surface area contributed by atoms with Crippen molar-refractivity contribution in [2.45, 2.75) is 65.7 Å². The van der Waals surface area contributed by atoms with Crippen LogP contribution in [-0.2, 0) is 0 Å². The zero-order chi connectivity index (χ0) is 10.1. The van der Waals surface area contributed by atoms with Crippen molar-refractivity contribution >= 4 is 5.71 Å². The van der Waals surface area contributed by atoms with Gasteiger partial charge in [-0.05, 0) is 31.6 Å². The lowest BCUT2D eigenvalue weighted by atomic mass is 9.90. The highest BCUT2D eigenvalue weighted by Gasteiger charge is 2.11. The van der Waals surface area contributed by atoms with Gasteiger partial charge in [0.15, 0.2) is 0 Å². The Kier molecular flexibility index (Phi) is 8.07. The van der Waals surface area contributed by atoms with E-state index in [0.717, 1.165) is 12.1 Å². The molecule has 0 atom stereocenters. The molecule has 0 aromatic carbocycles. The summed E-state index contributed by atoms with van der Waals surface area (Å²) in [7, 11) is 0. The average Bonchev–Trinajstić information content (AvgIpc) is 2.14. The quantitative estimate of drug-likeness (QED) is 0.539. The van der Waals surface area contributed by atoms with Gasteiger partial charge >= 0.3 is 0 Å². The van der Waals surface area contributed by atoms with Crippen molar-refractivity contribution < 1.29 is 0 Å². The van der Waals surface area contributed by atoms with Crippen LogP contribution < -0.4 is 0 Å². The molecule has 0 aliphatic rings. The monoisotopic (exact) mass is 183 g/mol. The van der Waals surface area contributed by atoms with Crippen molar-refractivity contribution in [3.63, 3.8) is 0 Å². The minimum atomic E-state index is 0.585. The summed E-state index contributed by atoms with van der Waals surface area (Å²) < 4.78 is 0. The molecule has 0 radical (unpaired) electrons. The predicted octanol–water partition coefficient (Wildman–Crippen LogP) is 4.41. The van der Waals surface area contributed by atoms with E-state index in [0.29, 0.717) is 5.92 Å². The van der Waals surface area contributed by atoms with Crippen molar-refractivity contribution in [2.75, 3.05) is 0 Å². The van der Waals surface area contributed by atoms with E-state index in [-0.39, 0.29) is 0 Å². The third-order valence-electron chi connectivity index (χ3n) is 2.57. The molecule has 0 bridgehead atoms. The maximum Gasteiger partial charge on any atom is 0.0120 e. The molecule has 0 heterocycles. The van der Waals surface area contributed by atoms with Crippen molar-refractivity contribution in [3.8, 4) is 0 Å². The fraction of sp³-hybridized carbons (Fsp3) is 0.917. The minimum Gasteiger partial charge on any atom is -0.309 e. The Hall–Kier alpha value is -0.330. The van der Waals surface area contributed by atoms with E-state index in [9.17, 15) is 0 Å². The Balaban J connectivity index is 3.80. The van der Waals surface area contributed by atoms with E-state index in [1.807, 2.05) is 0 Å². The summed E-state index contributed by atoms with van der Waals surface area (Å²) in [6.45, 7) is 6.63. The van der Waals surface area contributed by atoms with Crippen LogP contribution in [0.25, 0.3) is 0 Å². The molecule has 0 aliphatic heterocycles. The first-order chi connectivity index (χ1) is 6.26. The Morgan fingerprint density at radius 2 is 1.54 bits per heavy atom. The molecule has 0 saturated carbocycles. The molecule has 0 aromatic heterocycles. The zero-order valence-electron chi connectivity index (χ0n) is 9.53. The van der Waals surface area contributed by atoms with Crippen LogP contribution in [-0.4, -0.2) is 5.71 Å². The van der Waals surface area contributed by atoms with Gasteiger partial charge in [0.05, 0.1) is 0 Å². The number of hydrogen-bond donors (Lipinski definition) is 1. The first kappa shape index (κ1) is 12.7. The van der Waals surface area contributed by atoms with Crippen LogP contribution in [0, 0.1) is 11.3 Å². The summed E-state index contributed by atoms with van der Waals surface area (Å²) >= 11 is 0. The van der Waals surface area contributed by atoms with Crippen LogP contribution in [0.2, 0.25) is 0 Å². The Bertz CT molecular complexity index is 123. The molecular weight excluding hydrogens is 158 g/mol. The molecule has 0 amide bonds. The first-order valence-corrected chi connectivity index (χ1v) is 5.83. The molecule has 78 valence electrons. The molecule has 1 N–H and O–H groups in total. The van der Waals surface area contributed by atoms with Crippen molar-refractivity contribution in [3.05, 3.63) is 0 Å². The third-order valence-corrected chi connectivity index (χ3v) is 2.57. The molecule has 13 heavy (non-hydrogen) atoms.